The fourth-order valence-corrected chi connectivity index (χ4v) is 3.01. The molecule has 2 rings (SSSR count). The molecule has 7 heteroatoms. The molecular formula is C13H17N3O3S. The van der Waals surface area contributed by atoms with E-state index in [0.29, 0.717) is 5.16 Å². The molecule has 0 aliphatic heterocycles. The van der Waals surface area contributed by atoms with Gasteiger partial charge < -0.3 is 9.52 Å². The van der Waals surface area contributed by atoms with Crippen LogP contribution in [-0.2, 0) is 4.79 Å². The molecule has 20 heavy (non-hydrogen) atoms. The number of rotatable bonds is 5. The Labute approximate surface area is 121 Å². The normalized spacial score (nSPS) is 12.6. The number of carbonyl (C=O) groups is 1. The van der Waals surface area contributed by atoms with E-state index in [-0.39, 0.29) is 11.8 Å². The Morgan fingerprint density at radius 2 is 2.15 bits per heavy atom. The quantitative estimate of drug-likeness (QED) is 0.854. The molecule has 0 amide bonds. The van der Waals surface area contributed by atoms with Crippen LogP contribution in [0.4, 0.5) is 0 Å². The van der Waals surface area contributed by atoms with Crippen molar-refractivity contribution in [2.75, 3.05) is 5.75 Å². The van der Waals surface area contributed by atoms with Crippen LogP contribution in [-0.4, -0.2) is 31.6 Å². The lowest BCUT2D eigenvalue weighted by atomic mass is 10.1. The molecule has 108 valence electrons. The molecule has 0 bridgehead atoms. The number of thioether (sulfide) groups is 1. The number of hydrogen-bond acceptors (Lipinski definition) is 5. The highest BCUT2D eigenvalue weighted by Gasteiger charge is 2.21. The van der Waals surface area contributed by atoms with Crippen LogP contribution in [0.25, 0.3) is 0 Å². The van der Waals surface area contributed by atoms with Crippen LogP contribution in [0.5, 0.6) is 0 Å². The second-order valence-corrected chi connectivity index (χ2v) is 5.57. The zero-order valence-electron chi connectivity index (χ0n) is 11.9. The predicted octanol–water partition coefficient (Wildman–Crippen LogP) is 2.58. The average molecular weight is 295 g/mol. The summed E-state index contributed by atoms with van der Waals surface area (Å²) in [6.45, 7) is 7.71. The van der Waals surface area contributed by atoms with Gasteiger partial charge in [-0.25, -0.2) is 0 Å². The minimum Gasteiger partial charge on any atom is -0.481 e. The van der Waals surface area contributed by atoms with Gasteiger partial charge in [0.1, 0.15) is 17.3 Å². The van der Waals surface area contributed by atoms with Crippen molar-refractivity contribution in [1.29, 1.82) is 0 Å². The number of carboxylic acids is 1. The highest BCUT2D eigenvalue weighted by atomic mass is 32.2. The summed E-state index contributed by atoms with van der Waals surface area (Å²) in [6, 6.07) is 1.99. The molecule has 0 saturated carbocycles. The molecule has 1 unspecified atom stereocenters. The number of furan rings is 1. The van der Waals surface area contributed by atoms with Crippen LogP contribution < -0.4 is 0 Å². The minimum absolute atomic E-state index is 0.00116. The van der Waals surface area contributed by atoms with Crippen LogP contribution >= 0.6 is 11.8 Å². The molecule has 2 aromatic rings. The van der Waals surface area contributed by atoms with Gasteiger partial charge in [-0.3, -0.25) is 9.36 Å². The predicted molar refractivity (Wildman–Crippen MR) is 75.1 cm³/mol. The summed E-state index contributed by atoms with van der Waals surface area (Å²) >= 11 is 1.17. The van der Waals surface area contributed by atoms with Crippen molar-refractivity contribution in [2.45, 2.75) is 38.9 Å². The maximum atomic E-state index is 10.7. The molecule has 0 aliphatic rings. The zero-order valence-corrected chi connectivity index (χ0v) is 12.7. The van der Waals surface area contributed by atoms with Gasteiger partial charge >= 0.3 is 5.97 Å². The minimum atomic E-state index is -0.870. The summed E-state index contributed by atoms with van der Waals surface area (Å²) in [5.74, 6) is 1.56. The number of aliphatic carboxylic acids is 1. The van der Waals surface area contributed by atoms with Gasteiger partial charge in [0.15, 0.2) is 5.16 Å². The van der Waals surface area contributed by atoms with Crippen molar-refractivity contribution in [1.82, 2.24) is 14.8 Å². The molecule has 0 aliphatic carbocycles. The maximum Gasteiger partial charge on any atom is 0.313 e. The van der Waals surface area contributed by atoms with Crippen molar-refractivity contribution < 1.29 is 14.3 Å². The van der Waals surface area contributed by atoms with E-state index in [2.05, 4.69) is 10.2 Å². The fourth-order valence-electron chi connectivity index (χ4n) is 2.22. The Morgan fingerprint density at radius 1 is 1.45 bits per heavy atom. The second kappa shape index (κ2) is 5.70. The Kier molecular flexibility index (Phi) is 4.17. The zero-order chi connectivity index (χ0) is 14.9. The smallest absolute Gasteiger partial charge is 0.313 e. The number of aromatic nitrogens is 3. The van der Waals surface area contributed by atoms with Crippen LogP contribution in [0.3, 0.4) is 0 Å². The van der Waals surface area contributed by atoms with Crippen molar-refractivity contribution >= 4 is 17.7 Å². The van der Waals surface area contributed by atoms with E-state index in [1.54, 1.807) is 0 Å². The topological polar surface area (TPSA) is 81.2 Å². The van der Waals surface area contributed by atoms with E-state index in [0.717, 1.165) is 22.9 Å². The van der Waals surface area contributed by atoms with Crippen molar-refractivity contribution in [3.8, 4) is 0 Å². The van der Waals surface area contributed by atoms with Crippen LogP contribution in [0, 0.1) is 20.8 Å². The summed E-state index contributed by atoms with van der Waals surface area (Å²) in [5.41, 5.74) is 1.06. The van der Waals surface area contributed by atoms with Gasteiger partial charge in [-0.15, -0.1) is 10.2 Å². The fraction of sp³-hybridized carbons (Fsp3) is 0.462. The molecule has 0 fully saturated rings. The maximum absolute atomic E-state index is 10.7. The van der Waals surface area contributed by atoms with E-state index in [4.69, 9.17) is 9.52 Å². The summed E-state index contributed by atoms with van der Waals surface area (Å²) in [7, 11) is 0. The molecule has 2 aromatic heterocycles. The Balaban J connectivity index is 2.34. The second-order valence-electron chi connectivity index (χ2n) is 4.63. The lowest BCUT2D eigenvalue weighted by Crippen LogP contribution is -2.11. The Hall–Kier alpha value is -1.76. The van der Waals surface area contributed by atoms with Crippen molar-refractivity contribution in [3.63, 3.8) is 0 Å². The van der Waals surface area contributed by atoms with E-state index >= 15 is 0 Å². The molecule has 1 atom stereocenters. The third-order valence-corrected chi connectivity index (χ3v) is 4.00. The van der Waals surface area contributed by atoms with Crippen molar-refractivity contribution in [3.05, 3.63) is 29.0 Å². The summed E-state index contributed by atoms with van der Waals surface area (Å²) in [5, 5.41) is 17.5. The lowest BCUT2D eigenvalue weighted by Gasteiger charge is -2.16. The molecule has 0 radical (unpaired) electrons. The molecule has 0 saturated heterocycles. The van der Waals surface area contributed by atoms with Gasteiger partial charge in [-0.05, 0) is 33.8 Å². The van der Waals surface area contributed by atoms with Gasteiger partial charge in [0.25, 0.3) is 0 Å². The summed E-state index contributed by atoms with van der Waals surface area (Å²) in [4.78, 5) is 10.7. The molecule has 6 nitrogen and oxygen atoms in total. The van der Waals surface area contributed by atoms with Gasteiger partial charge in [0, 0.05) is 5.56 Å². The number of aryl methyl sites for hydroxylation is 3. The third kappa shape index (κ3) is 2.87. The Morgan fingerprint density at radius 3 is 2.70 bits per heavy atom. The number of carboxylic acid groups (broad SMARTS) is 1. The molecule has 0 aromatic carbocycles. The SMILES string of the molecule is Cc1cc(C(C)n2c(C)nnc2SCC(=O)O)c(C)o1. The first-order valence-corrected chi connectivity index (χ1v) is 7.21. The molecule has 1 N–H and O–H groups in total. The van der Waals surface area contributed by atoms with Crippen molar-refractivity contribution in [2.24, 2.45) is 0 Å². The molecule has 0 spiro atoms. The third-order valence-electron chi connectivity index (χ3n) is 3.08. The van der Waals surface area contributed by atoms with Gasteiger partial charge in [-0.2, -0.15) is 0 Å². The monoisotopic (exact) mass is 295 g/mol. The summed E-state index contributed by atoms with van der Waals surface area (Å²) in [6.07, 6.45) is 0. The summed E-state index contributed by atoms with van der Waals surface area (Å²) < 4.78 is 7.49. The Bertz CT molecular complexity index is 633. The molecule has 2 heterocycles. The standard InChI is InChI=1S/C13H17N3O3S/c1-7-5-11(9(3)19-7)8(2)16-10(4)14-15-13(16)20-6-12(17)18/h5,8H,6H2,1-4H3,(H,17,18). The highest BCUT2D eigenvalue weighted by molar-refractivity contribution is 7.99. The lowest BCUT2D eigenvalue weighted by molar-refractivity contribution is -0.133. The first-order valence-electron chi connectivity index (χ1n) is 6.23. The van der Waals surface area contributed by atoms with Gasteiger partial charge in [0.2, 0.25) is 0 Å². The first-order chi connectivity index (χ1) is 9.40. The largest absolute Gasteiger partial charge is 0.481 e. The number of nitrogens with zero attached hydrogens (tertiary/aromatic N) is 3. The molecular weight excluding hydrogens is 278 g/mol. The average Bonchev–Trinajstić information content (AvgIpc) is 2.89. The van der Waals surface area contributed by atoms with E-state index < -0.39 is 5.97 Å². The van der Waals surface area contributed by atoms with Gasteiger partial charge in [-0.1, -0.05) is 11.8 Å². The van der Waals surface area contributed by atoms with Crippen LogP contribution in [0.1, 0.15) is 35.9 Å². The van der Waals surface area contributed by atoms with Gasteiger partial charge in [0.05, 0.1) is 11.8 Å². The van der Waals surface area contributed by atoms with Crippen LogP contribution in [0.2, 0.25) is 0 Å². The highest BCUT2D eigenvalue weighted by Crippen LogP contribution is 2.29. The number of hydrogen-bond donors (Lipinski definition) is 1. The first kappa shape index (κ1) is 14.6. The van der Waals surface area contributed by atoms with Crippen LogP contribution in [0.15, 0.2) is 15.6 Å². The van der Waals surface area contributed by atoms with E-state index in [1.807, 2.05) is 38.3 Å². The van der Waals surface area contributed by atoms with E-state index in [9.17, 15) is 4.79 Å². The van der Waals surface area contributed by atoms with E-state index in [1.165, 1.54) is 11.8 Å².